The number of para-hydroxylation sites is 1. The molecule has 1 aliphatic heterocycles. The first-order chi connectivity index (χ1) is 8.72. The van der Waals surface area contributed by atoms with E-state index in [1.807, 2.05) is 32.0 Å². The molecule has 0 amide bonds. The molecule has 3 nitrogen and oxygen atoms in total. The number of carbonyl (C=O) groups is 1. The molecule has 92 valence electrons. The van der Waals surface area contributed by atoms with Crippen molar-refractivity contribution in [2.75, 3.05) is 6.61 Å². The summed E-state index contributed by atoms with van der Waals surface area (Å²) in [7, 11) is 0. The Morgan fingerprint density at radius 1 is 1.39 bits per heavy atom. The molecule has 0 spiro atoms. The van der Waals surface area contributed by atoms with E-state index < -0.39 is 0 Å². The molecule has 2 heterocycles. The maximum absolute atomic E-state index is 11.8. The van der Waals surface area contributed by atoms with E-state index in [0.29, 0.717) is 12.2 Å². The normalized spacial score (nSPS) is 12.1. The van der Waals surface area contributed by atoms with Crippen molar-refractivity contribution in [1.82, 2.24) is 4.57 Å². The number of carbonyl (C=O) groups excluding carboxylic acids is 1. The predicted molar refractivity (Wildman–Crippen MR) is 69.3 cm³/mol. The molecule has 0 N–H and O–H groups in total. The molecular formula is C15H15NO2. The molecule has 0 radical (unpaired) electrons. The molecule has 1 aromatic carbocycles. The van der Waals surface area contributed by atoms with Crippen LogP contribution >= 0.6 is 0 Å². The maximum atomic E-state index is 11.8. The number of aromatic nitrogens is 1. The SMILES string of the molecule is CCOC(=O)c1cc2n(c1C)-c1ccccc1C2. The highest BCUT2D eigenvalue weighted by Gasteiger charge is 2.24. The van der Waals surface area contributed by atoms with Gasteiger partial charge in [-0.3, -0.25) is 0 Å². The Morgan fingerprint density at radius 3 is 2.94 bits per heavy atom. The fourth-order valence-electron chi connectivity index (χ4n) is 2.63. The zero-order valence-electron chi connectivity index (χ0n) is 10.6. The highest BCUT2D eigenvalue weighted by Crippen LogP contribution is 2.32. The van der Waals surface area contributed by atoms with E-state index in [1.54, 1.807) is 0 Å². The minimum Gasteiger partial charge on any atom is -0.462 e. The standard InChI is InChI=1S/C15H15NO2/c1-3-18-15(17)13-9-12-8-11-6-4-5-7-14(11)16(12)10(13)2/h4-7,9H,3,8H2,1-2H3. The lowest BCUT2D eigenvalue weighted by atomic mass is 10.1. The summed E-state index contributed by atoms with van der Waals surface area (Å²) in [5.74, 6) is -0.227. The van der Waals surface area contributed by atoms with Crippen LogP contribution in [-0.2, 0) is 11.2 Å². The highest BCUT2D eigenvalue weighted by molar-refractivity contribution is 5.91. The average Bonchev–Trinajstić information content (AvgIpc) is 2.87. The monoisotopic (exact) mass is 241 g/mol. The number of nitrogens with zero attached hydrogens (tertiary/aromatic N) is 1. The lowest BCUT2D eigenvalue weighted by molar-refractivity contribution is 0.0525. The fraction of sp³-hybridized carbons (Fsp3) is 0.267. The van der Waals surface area contributed by atoms with Gasteiger partial charge in [-0.25, -0.2) is 4.79 Å². The van der Waals surface area contributed by atoms with E-state index in [1.165, 1.54) is 11.3 Å². The van der Waals surface area contributed by atoms with Gasteiger partial charge in [-0.15, -0.1) is 0 Å². The lowest BCUT2D eigenvalue weighted by Crippen LogP contribution is -2.06. The zero-order valence-corrected chi connectivity index (χ0v) is 10.6. The highest BCUT2D eigenvalue weighted by atomic mass is 16.5. The summed E-state index contributed by atoms with van der Waals surface area (Å²) in [5, 5.41) is 0. The first kappa shape index (κ1) is 11.1. The van der Waals surface area contributed by atoms with Crippen LogP contribution < -0.4 is 0 Å². The van der Waals surface area contributed by atoms with Gasteiger partial charge in [0.2, 0.25) is 0 Å². The van der Waals surface area contributed by atoms with Gasteiger partial charge in [0, 0.05) is 23.5 Å². The Kier molecular flexibility index (Phi) is 2.47. The van der Waals surface area contributed by atoms with Crippen LogP contribution in [0.25, 0.3) is 5.69 Å². The summed E-state index contributed by atoms with van der Waals surface area (Å²) >= 11 is 0. The van der Waals surface area contributed by atoms with Crippen LogP contribution in [0.1, 0.15) is 34.2 Å². The number of esters is 1. The van der Waals surface area contributed by atoms with Crippen molar-refractivity contribution in [2.45, 2.75) is 20.3 Å². The second kappa shape index (κ2) is 4.02. The van der Waals surface area contributed by atoms with E-state index in [2.05, 4.69) is 16.7 Å². The van der Waals surface area contributed by atoms with E-state index in [-0.39, 0.29) is 5.97 Å². The van der Waals surface area contributed by atoms with Crippen LogP contribution in [0, 0.1) is 6.92 Å². The summed E-state index contributed by atoms with van der Waals surface area (Å²) in [6.07, 6.45) is 0.885. The van der Waals surface area contributed by atoms with E-state index in [0.717, 1.165) is 17.8 Å². The molecule has 1 aromatic heterocycles. The van der Waals surface area contributed by atoms with Crippen LogP contribution in [0.15, 0.2) is 30.3 Å². The number of hydrogen-bond acceptors (Lipinski definition) is 2. The molecular weight excluding hydrogens is 226 g/mol. The molecule has 0 unspecified atom stereocenters. The minimum atomic E-state index is -0.227. The number of fused-ring (bicyclic) bond motifs is 3. The lowest BCUT2D eigenvalue weighted by Gasteiger charge is -2.06. The smallest absolute Gasteiger partial charge is 0.339 e. The van der Waals surface area contributed by atoms with Crippen molar-refractivity contribution < 1.29 is 9.53 Å². The van der Waals surface area contributed by atoms with Crippen LogP contribution in [0.2, 0.25) is 0 Å². The van der Waals surface area contributed by atoms with Gasteiger partial charge in [0.25, 0.3) is 0 Å². The Balaban J connectivity index is 2.10. The van der Waals surface area contributed by atoms with Gasteiger partial charge in [-0.1, -0.05) is 18.2 Å². The van der Waals surface area contributed by atoms with Crippen molar-refractivity contribution in [3.05, 3.63) is 52.8 Å². The Labute approximate surface area is 106 Å². The Bertz CT molecular complexity index is 625. The van der Waals surface area contributed by atoms with Crippen molar-refractivity contribution in [3.63, 3.8) is 0 Å². The minimum absolute atomic E-state index is 0.227. The van der Waals surface area contributed by atoms with Crippen LogP contribution in [0.3, 0.4) is 0 Å². The van der Waals surface area contributed by atoms with E-state index in [4.69, 9.17) is 4.74 Å². The first-order valence-electron chi connectivity index (χ1n) is 6.19. The quantitative estimate of drug-likeness (QED) is 0.646. The average molecular weight is 241 g/mol. The van der Waals surface area contributed by atoms with E-state index >= 15 is 0 Å². The molecule has 0 saturated carbocycles. The van der Waals surface area contributed by atoms with Crippen molar-refractivity contribution >= 4 is 5.97 Å². The molecule has 0 aliphatic carbocycles. The molecule has 18 heavy (non-hydrogen) atoms. The van der Waals surface area contributed by atoms with Gasteiger partial charge in [0.05, 0.1) is 12.2 Å². The summed E-state index contributed by atoms with van der Waals surface area (Å²) in [6.45, 7) is 4.21. The molecule has 0 bridgehead atoms. The molecule has 0 fully saturated rings. The summed E-state index contributed by atoms with van der Waals surface area (Å²) < 4.78 is 7.24. The number of ether oxygens (including phenoxy) is 1. The Morgan fingerprint density at radius 2 is 2.17 bits per heavy atom. The van der Waals surface area contributed by atoms with Crippen molar-refractivity contribution in [2.24, 2.45) is 0 Å². The molecule has 1 aliphatic rings. The van der Waals surface area contributed by atoms with Gasteiger partial charge >= 0.3 is 5.97 Å². The second-order valence-corrected chi connectivity index (χ2v) is 4.50. The number of benzene rings is 1. The molecule has 2 aromatic rings. The molecule has 0 saturated heterocycles. The first-order valence-corrected chi connectivity index (χ1v) is 6.19. The van der Waals surface area contributed by atoms with Crippen LogP contribution in [0.4, 0.5) is 0 Å². The third-order valence-corrected chi connectivity index (χ3v) is 3.42. The molecule has 3 heteroatoms. The van der Waals surface area contributed by atoms with Gasteiger partial charge in [0.15, 0.2) is 0 Å². The van der Waals surface area contributed by atoms with Gasteiger partial charge in [0.1, 0.15) is 0 Å². The topological polar surface area (TPSA) is 31.2 Å². The van der Waals surface area contributed by atoms with Gasteiger partial charge in [-0.2, -0.15) is 0 Å². The zero-order chi connectivity index (χ0) is 12.7. The third-order valence-electron chi connectivity index (χ3n) is 3.42. The number of hydrogen-bond donors (Lipinski definition) is 0. The second-order valence-electron chi connectivity index (χ2n) is 4.50. The van der Waals surface area contributed by atoms with Gasteiger partial charge < -0.3 is 9.30 Å². The predicted octanol–water partition coefficient (Wildman–Crippen LogP) is 2.87. The van der Waals surface area contributed by atoms with Crippen LogP contribution in [-0.4, -0.2) is 17.1 Å². The van der Waals surface area contributed by atoms with Crippen LogP contribution in [0.5, 0.6) is 0 Å². The van der Waals surface area contributed by atoms with E-state index in [9.17, 15) is 4.79 Å². The number of rotatable bonds is 2. The van der Waals surface area contributed by atoms with Crippen molar-refractivity contribution in [1.29, 1.82) is 0 Å². The van der Waals surface area contributed by atoms with Gasteiger partial charge in [-0.05, 0) is 31.5 Å². The fourth-order valence-corrected chi connectivity index (χ4v) is 2.63. The largest absolute Gasteiger partial charge is 0.462 e. The summed E-state index contributed by atoms with van der Waals surface area (Å²) in [4.78, 5) is 11.8. The van der Waals surface area contributed by atoms with Crippen molar-refractivity contribution in [3.8, 4) is 5.69 Å². The maximum Gasteiger partial charge on any atom is 0.339 e. The molecule has 0 atom stereocenters. The third kappa shape index (κ3) is 1.47. The summed E-state index contributed by atoms with van der Waals surface area (Å²) in [6, 6.07) is 10.2. The molecule has 3 rings (SSSR count). The summed E-state index contributed by atoms with van der Waals surface area (Å²) in [5.41, 5.74) is 5.30. The Hall–Kier alpha value is -2.03.